The minimum atomic E-state index is -0.467. The van der Waals surface area contributed by atoms with E-state index >= 15 is 0 Å². The Morgan fingerprint density at radius 2 is 2.26 bits per heavy atom. The summed E-state index contributed by atoms with van der Waals surface area (Å²) in [5.74, 6) is -0.271. The molecule has 0 bridgehead atoms. The fourth-order valence-corrected chi connectivity index (χ4v) is 2.22. The maximum Gasteiger partial charge on any atom is 0.270 e. The van der Waals surface area contributed by atoms with Crippen molar-refractivity contribution in [2.45, 2.75) is 26.4 Å². The van der Waals surface area contributed by atoms with Crippen molar-refractivity contribution in [2.24, 2.45) is 0 Å². The molecule has 1 aromatic carbocycles. The molecule has 0 radical (unpaired) electrons. The highest BCUT2D eigenvalue weighted by atomic mass is 16.6. The number of carbonyl (C=O) groups is 1. The van der Waals surface area contributed by atoms with E-state index < -0.39 is 4.92 Å². The summed E-state index contributed by atoms with van der Waals surface area (Å²) in [5.41, 5.74) is 1.51. The number of non-ortho nitro benzene ring substituents is 1. The van der Waals surface area contributed by atoms with Gasteiger partial charge in [0.1, 0.15) is 0 Å². The molecule has 7 nitrogen and oxygen atoms in total. The summed E-state index contributed by atoms with van der Waals surface area (Å²) in [4.78, 5) is 22.2. The summed E-state index contributed by atoms with van der Waals surface area (Å²) in [5, 5.41) is 17.7. The van der Waals surface area contributed by atoms with Gasteiger partial charge in [0.05, 0.1) is 16.7 Å². The highest BCUT2D eigenvalue weighted by Crippen LogP contribution is 2.14. The third-order valence-corrected chi connectivity index (χ3v) is 3.36. The van der Waals surface area contributed by atoms with Crippen LogP contribution in [-0.2, 0) is 11.3 Å². The van der Waals surface area contributed by atoms with Gasteiger partial charge in [0, 0.05) is 31.0 Å². The average molecular weight is 314 g/mol. The number of amides is 1. The molecule has 0 aliphatic carbocycles. The van der Waals surface area contributed by atoms with Crippen molar-refractivity contribution in [3.63, 3.8) is 0 Å². The zero-order chi connectivity index (χ0) is 16.8. The van der Waals surface area contributed by atoms with Gasteiger partial charge in [0.15, 0.2) is 0 Å². The Morgan fingerprint density at radius 3 is 2.96 bits per heavy atom. The Labute approximate surface area is 133 Å². The predicted octanol–water partition coefficient (Wildman–Crippen LogP) is 2.70. The standard InChI is InChI=1S/C16H18N4O3/c1-3-19-15(9-10-17-19)12(2)18-16(21)8-7-13-5-4-6-14(11-13)20(22)23/h4-12H,3H2,1-2H3,(H,18,21)/b8-7+. The quantitative estimate of drug-likeness (QED) is 0.504. The number of rotatable bonds is 6. The Balaban J connectivity index is 2.01. The highest BCUT2D eigenvalue weighted by Gasteiger charge is 2.12. The summed E-state index contributed by atoms with van der Waals surface area (Å²) in [7, 11) is 0. The summed E-state index contributed by atoms with van der Waals surface area (Å²) < 4.78 is 1.81. The number of aromatic nitrogens is 2. The van der Waals surface area contributed by atoms with E-state index in [9.17, 15) is 14.9 Å². The molecule has 2 rings (SSSR count). The number of nitro benzene ring substituents is 1. The number of nitrogens with zero attached hydrogens (tertiary/aromatic N) is 3. The molecule has 0 aliphatic rings. The number of aryl methyl sites for hydroxylation is 1. The molecule has 1 aromatic heterocycles. The molecule has 2 aromatic rings. The van der Waals surface area contributed by atoms with Crippen molar-refractivity contribution in [3.05, 3.63) is 64.0 Å². The molecule has 1 unspecified atom stereocenters. The second-order valence-electron chi connectivity index (χ2n) is 4.99. The lowest BCUT2D eigenvalue weighted by Gasteiger charge is -2.14. The van der Waals surface area contributed by atoms with Crippen LogP contribution in [-0.4, -0.2) is 20.6 Å². The van der Waals surface area contributed by atoms with Crippen LogP contribution in [0.15, 0.2) is 42.6 Å². The van der Waals surface area contributed by atoms with Crippen molar-refractivity contribution in [3.8, 4) is 0 Å². The highest BCUT2D eigenvalue weighted by molar-refractivity contribution is 5.92. The summed E-state index contributed by atoms with van der Waals surface area (Å²) >= 11 is 0. The second-order valence-corrected chi connectivity index (χ2v) is 4.99. The summed E-state index contributed by atoms with van der Waals surface area (Å²) in [6.45, 7) is 4.58. The first kappa shape index (κ1) is 16.4. The normalized spacial score (nSPS) is 12.3. The van der Waals surface area contributed by atoms with Gasteiger partial charge in [-0.25, -0.2) is 0 Å². The van der Waals surface area contributed by atoms with Crippen LogP contribution in [0.5, 0.6) is 0 Å². The van der Waals surface area contributed by atoms with Crippen LogP contribution < -0.4 is 5.32 Å². The Kier molecular flexibility index (Phi) is 5.24. The van der Waals surface area contributed by atoms with E-state index in [-0.39, 0.29) is 17.6 Å². The Hall–Kier alpha value is -2.96. The number of nitro groups is 1. The van der Waals surface area contributed by atoms with Gasteiger partial charge in [-0.15, -0.1) is 0 Å². The largest absolute Gasteiger partial charge is 0.344 e. The fraction of sp³-hybridized carbons (Fsp3) is 0.250. The van der Waals surface area contributed by atoms with Crippen LogP contribution in [0.3, 0.4) is 0 Å². The molecule has 23 heavy (non-hydrogen) atoms. The summed E-state index contributed by atoms with van der Waals surface area (Å²) in [6, 6.07) is 7.79. The lowest BCUT2D eigenvalue weighted by atomic mass is 10.2. The molecular weight excluding hydrogens is 296 g/mol. The van der Waals surface area contributed by atoms with Gasteiger partial charge in [0.2, 0.25) is 5.91 Å². The maximum atomic E-state index is 12.0. The zero-order valence-corrected chi connectivity index (χ0v) is 13.0. The molecule has 1 amide bonds. The van der Waals surface area contributed by atoms with Crippen LogP contribution in [0.4, 0.5) is 5.69 Å². The molecule has 120 valence electrons. The lowest BCUT2D eigenvalue weighted by molar-refractivity contribution is -0.384. The molecule has 0 spiro atoms. The van der Waals surface area contributed by atoms with Crippen molar-refractivity contribution >= 4 is 17.7 Å². The molecule has 0 fully saturated rings. The molecule has 1 atom stereocenters. The van der Waals surface area contributed by atoms with E-state index in [4.69, 9.17) is 0 Å². The Morgan fingerprint density at radius 1 is 1.48 bits per heavy atom. The first-order chi connectivity index (χ1) is 11.0. The number of hydrogen-bond acceptors (Lipinski definition) is 4. The number of nitrogens with one attached hydrogen (secondary N) is 1. The van der Waals surface area contributed by atoms with Crippen molar-refractivity contribution in [1.29, 1.82) is 0 Å². The smallest absolute Gasteiger partial charge is 0.270 e. The minimum absolute atomic E-state index is 0.00669. The monoisotopic (exact) mass is 314 g/mol. The number of benzene rings is 1. The fourth-order valence-electron chi connectivity index (χ4n) is 2.22. The van der Waals surface area contributed by atoms with E-state index in [1.165, 1.54) is 18.2 Å². The van der Waals surface area contributed by atoms with Crippen molar-refractivity contribution in [1.82, 2.24) is 15.1 Å². The Bertz CT molecular complexity index is 736. The van der Waals surface area contributed by atoms with Gasteiger partial charge in [-0.05, 0) is 31.6 Å². The molecule has 0 saturated carbocycles. The second kappa shape index (κ2) is 7.35. The number of carbonyl (C=O) groups excluding carboxylic acids is 1. The number of hydrogen-bond donors (Lipinski definition) is 1. The third kappa shape index (κ3) is 4.26. The van der Waals surface area contributed by atoms with E-state index in [2.05, 4.69) is 10.4 Å². The molecule has 0 aliphatic heterocycles. The van der Waals surface area contributed by atoms with Gasteiger partial charge in [0.25, 0.3) is 5.69 Å². The topological polar surface area (TPSA) is 90.1 Å². The first-order valence-electron chi connectivity index (χ1n) is 7.26. The molecule has 0 saturated heterocycles. The van der Waals surface area contributed by atoms with Gasteiger partial charge < -0.3 is 5.32 Å². The van der Waals surface area contributed by atoms with Crippen LogP contribution in [0.25, 0.3) is 6.08 Å². The van der Waals surface area contributed by atoms with Gasteiger partial charge in [-0.3, -0.25) is 19.6 Å². The van der Waals surface area contributed by atoms with E-state index in [1.807, 2.05) is 24.6 Å². The van der Waals surface area contributed by atoms with Crippen molar-refractivity contribution < 1.29 is 9.72 Å². The van der Waals surface area contributed by atoms with Crippen LogP contribution >= 0.6 is 0 Å². The van der Waals surface area contributed by atoms with Crippen LogP contribution in [0, 0.1) is 10.1 Å². The van der Waals surface area contributed by atoms with E-state index in [1.54, 1.807) is 24.4 Å². The van der Waals surface area contributed by atoms with Gasteiger partial charge >= 0.3 is 0 Å². The summed E-state index contributed by atoms with van der Waals surface area (Å²) in [6.07, 6.45) is 4.61. The van der Waals surface area contributed by atoms with Crippen LogP contribution in [0.2, 0.25) is 0 Å². The van der Waals surface area contributed by atoms with Crippen molar-refractivity contribution in [2.75, 3.05) is 0 Å². The third-order valence-electron chi connectivity index (χ3n) is 3.36. The van der Waals surface area contributed by atoms with E-state index in [0.29, 0.717) is 5.56 Å². The average Bonchev–Trinajstić information content (AvgIpc) is 3.02. The molecule has 7 heteroatoms. The van der Waals surface area contributed by atoms with Crippen LogP contribution in [0.1, 0.15) is 31.1 Å². The first-order valence-corrected chi connectivity index (χ1v) is 7.26. The van der Waals surface area contributed by atoms with Gasteiger partial charge in [-0.2, -0.15) is 5.10 Å². The molecular formula is C16H18N4O3. The zero-order valence-electron chi connectivity index (χ0n) is 13.0. The molecule has 1 N–H and O–H groups in total. The lowest BCUT2D eigenvalue weighted by Crippen LogP contribution is -2.26. The maximum absolute atomic E-state index is 12.0. The van der Waals surface area contributed by atoms with E-state index in [0.717, 1.165) is 12.2 Å². The molecule has 1 heterocycles. The predicted molar refractivity (Wildman–Crippen MR) is 86.6 cm³/mol. The van der Waals surface area contributed by atoms with Gasteiger partial charge in [-0.1, -0.05) is 12.1 Å². The minimum Gasteiger partial charge on any atom is -0.344 e. The SMILES string of the molecule is CCn1nccc1C(C)NC(=O)/C=C/c1cccc([N+](=O)[O-])c1.